The van der Waals surface area contributed by atoms with Gasteiger partial charge in [-0.3, -0.25) is 14.9 Å². The van der Waals surface area contributed by atoms with Crippen LogP contribution in [0.1, 0.15) is 16.9 Å². The molecule has 2 rings (SSSR count). The second-order valence-electron chi connectivity index (χ2n) is 5.12. The number of nitrogens with one attached hydrogen (secondary N) is 1. The average molecular weight is 330 g/mol. The van der Waals surface area contributed by atoms with E-state index in [2.05, 4.69) is 5.32 Å². The molecule has 0 radical (unpaired) electrons. The first kappa shape index (κ1) is 17.3. The second-order valence-corrected chi connectivity index (χ2v) is 5.12. The molecule has 1 heterocycles. The zero-order valence-electron chi connectivity index (χ0n) is 13.4. The Morgan fingerprint density at radius 1 is 1.38 bits per heavy atom. The second kappa shape index (κ2) is 7.96. The van der Waals surface area contributed by atoms with Gasteiger partial charge in [-0.2, -0.15) is 0 Å². The first-order chi connectivity index (χ1) is 11.5. The normalized spacial score (nSPS) is 10.8. The smallest absolute Gasteiger partial charge is 0.433 e. The van der Waals surface area contributed by atoms with Crippen molar-refractivity contribution in [3.05, 3.63) is 63.4 Å². The van der Waals surface area contributed by atoms with Crippen LogP contribution in [0.4, 0.5) is 5.88 Å². The van der Waals surface area contributed by atoms with Gasteiger partial charge in [0.2, 0.25) is 5.91 Å². The highest BCUT2D eigenvalue weighted by Gasteiger charge is 2.10. The number of carbonyl (C=O) groups is 1. The molecule has 126 valence electrons. The number of hydrogen-bond acceptors (Lipinski definition) is 5. The predicted molar refractivity (Wildman–Crippen MR) is 88.8 cm³/mol. The fourth-order valence-corrected chi connectivity index (χ4v) is 2.17. The Hall–Kier alpha value is -3.09. The summed E-state index contributed by atoms with van der Waals surface area (Å²) in [4.78, 5) is 21.6. The van der Waals surface area contributed by atoms with E-state index in [4.69, 9.17) is 9.15 Å². The van der Waals surface area contributed by atoms with Crippen LogP contribution in [0.5, 0.6) is 5.75 Å². The molecule has 0 aliphatic heterocycles. The predicted octanol–water partition coefficient (Wildman–Crippen LogP) is 2.88. The fourth-order valence-electron chi connectivity index (χ4n) is 2.17. The Balaban J connectivity index is 1.86. The number of hydrogen-bond donors (Lipinski definition) is 1. The van der Waals surface area contributed by atoms with Crippen molar-refractivity contribution in [2.75, 3.05) is 13.7 Å². The Bertz CT molecular complexity index is 764. The van der Waals surface area contributed by atoms with E-state index in [0.717, 1.165) is 16.9 Å². The van der Waals surface area contributed by atoms with E-state index < -0.39 is 4.92 Å². The number of nitrogens with zero attached hydrogens (tertiary/aromatic N) is 1. The van der Waals surface area contributed by atoms with Crippen LogP contribution in [0.25, 0.3) is 6.08 Å². The van der Waals surface area contributed by atoms with E-state index in [-0.39, 0.29) is 17.6 Å². The molecule has 0 bridgehead atoms. The molecule has 0 unspecified atom stereocenters. The van der Waals surface area contributed by atoms with Gasteiger partial charge >= 0.3 is 5.88 Å². The lowest BCUT2D eigenvalue weighted by atomic mass is 10.1. The standard InChI is InChI=1S/C17H18N2O5/c1-12-3-6-15(23-2)13(11-12)9-10-18-16(20)7-4-14-5-8-17(24-14)19(21)22/h3-8,11H,9-10H2,1-2H3,(H,18,20)/b7-4+. The van der Waals surface area contributed by atoms with E-state index in [9.17, 15) is 14.9 Å². The molecule has 0 saturated heterocycles. The lowest BCUT2D eigenvalue weighted by molar-refractivity contribution is -0.402. The van der Waals surface area contributed by atoms with Gasteiger partial charge in [-0.15, -0.1) is 0 Å². The summed E-state index contributed by atoms with van der Waals surface area (Å²) in [5.41, 5.74) is 2.14. The zero-order chi connectivity index (χ0) is 17.5. The third-order valence-electron chi connectivity index (χ3n) is 3.32. The Morgan fingerprint density at radius 2 is 2.17 bits per heavy atom. The highest BCUT2D eigenvalue weighted by molar-refractivity contribution is 5.91. The van der Waals surface area contributed by atoms with Crippen LogP contribution in [-0.4, -0.2) is 24.5 Å². The Kier molecular flexibility index (Phi) is 5.73. The SMILES string of the molecule is COc1ccc(C)cc1CCNC(=O)/C=C/c1ccc([N+](=O)[O-])o1. The van der Waals surface area contributed by atoms with Gasteiger partial charge < -0.3 is 14.5 Å². The van der Waals surface area contributed by atoms with Crippen LogP contribution in [-0.2, 0) is 11.2 Å². The summed E-state index contributed by atoms with van der Waals surface area (Å²) in [6, 6.07) is 8.55. The van der Waals surface area contributed by atoms with E-state index >= 15 is 0 Å². The van der Waals surface area contributed by atoms with Gasteiger partial charge in [-0.05, 0) is 37.1 Å². The highest BCUT2D eigenvalue weighted by atomic mass is 16.6. The summed E-state index contributed by atoms with van der Waals surface area (Å²) in [6.45, 7) is 2.44. The highest BCUT2D eigenvalue weighted by Crippen LogP contribution is 2.20. The number of furan rings is 1. The summed E-state index contributed by atoms with van der Waals surface area (Å²) in [6.07, 6.45) is 3.29. The molecular weight excluding hydrogens is 312 g/mol. The Morgan fingerprint density at radius 3 is 2.83 bits per heavy atom. The fraction of sp³-hybridized carbons (Fsp3) is 0.235. The van der Waals surface area contributed by atoms with Gasteiger partial charge in [0, 0.05) is 12.6 Å². The number of rotatable bonds is 7. The van der Waals surface area contributed by atoms with Gasteiger partial charge in [0.1, 0.15) is 16.4 Å². The number of nitro groups is 1. The van der Waals surface area contributed by atoms with Gasteiger partial charge in [0.15, 0.2) is 0 Å². The van der Waals surface area contributed by atoms with Crippen molar-refractivity contribution in [3.8, 4) is 5.75 Å². The molecular formula is C17H18N2O5. The molecule has 1 N–H and O–H groups in total. The lowest BCUT2D eigenvalue weighted by Crippen LogP contribution is -2.23. The zero-order valence-corrected chi connectivity index (χ0v) is 13.4. The van der Waals surface area contributed by atoms with Crippen LogP contribution < -0.4 is 10.1 Å². The summed E-state index contributed by atoms with van der Waals surface area (Å²) in [7, 11) is 1.61. The number of methoxy groups -OCH3 is 1. The maximum absolute atomic E-state index is 11.8. The first-order valence-electron chi connectivity index (χ1n) is 7.33. The van der Waals surface area contributed by atoms with E-state index in [1.165, 1.54) is 24.3 Å². The van der Waals surface area contributed by atoms with E-state index in [1.54, 1.807) is 7.11 Å². The minimum atomic E-state index is -0.632. The van der Waals surface area contributed by atoms with Gasteiger partial charge in [0.05, 0.1) is 13.2 Å². The molecule has 0 fully saturated rings. The van der Waals surface area contributed by atoms with E-state index in [0.29, 0.717) is 13.0 Å². The molecule has 1 amide bonds. The van der Waals surface area contributed by atoms with Crippen LogP contribution in [0.2, 0.25) is 0 Å². The topological polar surface area (TPSA) is 94.6 Å². The van der Waals surface area contributed by atoms with Crippen molar-refractivity contribution < 1.29 is 18.9 Å². The minimum absolute atomic E-state index is 0.247. The molecule has 0 atom stereocenters. The first-order valence-corrected chi connectivity index (χ1v) is 7.33. The quantitative estimate of drug-likeness (QED) is 0.478. The van der Waals surface area contributed by atoms with Gasteiger partial charge in [-0.1, -0.05) is 17.7 Å². The molecule has 0 aliphatic rings. The van der Waals surface area contributed by atoms with Crippen molar-refractivity contribution in [2.24, 2.45) is 0 Å². The maximum Gasteiger partial charge on any atom is 0.433 e. The summed E-state index contributed by atoms with van der Waals surface area (Å²) >= 11 is 0. The van der Waals surface area contributed by atoms with E-state index in [1.807, 2.05) is 25.1 Å². The number of ether oxygens (including phenoxy) is 1. The van der Waals surface area contributed by atoms with Crippen LogP contribution in [0.3, 0.4) is 0 Å². The summed E-state index contributed by atoms with van der Waals surface area (Å²) in [5.74, 6) is 0.368. The molecule has 7 heteroatoms. The maximum atomic E-state index is 11.8. The molecule has 1 aromatic heterocycles. The third-order valence-corrected chi connectivity index (χ3v) is 3.32. The lowest BCUT2D eigenvalue weighted by Gasteiger charge is -2.09. The Labute approximate surface area is 139 Å². The van der Waals surface area contributed by atoms with Crippen LogP contribution in [0, 0.1) is 17.0 Å². The summed E-state index contributed by atoms with van der Waals surface area (Å²) < 4.78 is 10.2. The average Bonchev–Trinajstić information content (AvgIpc) is 3.02. The molecule has 7 nitrogen and oxygen atoms in total. The van der Waals surface area contributed by atoms with Crippen molar-refractivity contribution in [2.45, 2.75) is 13.3 Å². The number of carbonyl (C=O) groups excluding carboxylic acids is 1. The molecule has 0 spiro atoms. The minimum Gasteiger partial charge on any atom is -0.496 e. The molecule has 24 heavy (non-hydrogen) atoms. The van der Waals surface area contributed by atoms with Crippen molar-refractivity contribution in [1.82, 2.24) is 5.32 Å². The monoisotopic (exact) mass is 330 g/mol. The number of benzene rings is 1. The number of aryl methyl sites for hydroxylation is 1. The van der Waals surface area contributed by atoms with Crippen LogP contribution >= 0.6 is 0 Å². The largest absolute Gasteiger partial charge is 0.496 e. The van der Waals surface area contributed by atoms with Crippen molar-refractivity contribution >= 4 is 17.9 Å². The van der Waals surface area contributed by atoms with Crippen LogP contribution in [0.15, 0.2) is 40.8 Å². The molecule has 0 aliphatic carbocycles. The molecule has 1 aromatic carbocycles. The van der Waals surface area contributed by atoms with Gasteiger partial charge in [-0.25, -0.2) is 0 Å². The third kappa shape index (κ3) is 4.70. The molecule has 2 aromatic rings. The van der Waals surface area contributed by atoms with Crippen molar-refractivity contribution in [1.29, 1.82) is 0 Å². The van der Waals surface area contributed by atoms with Crippen molar-refractivity contribution in [3.63, 3.8) is 0 Å². The number of amides is 1. The van der Waals surface area contributed by atoms with Gasteiger partial charge in [0.25, 0.3) is 0 Å². The molecule has 0 saturated carbocycles. The summed E-state index contributed by atoms with van der Waals surface area (Å²) in [5, 5.41) is 13.2.